The predicted octanol–water partition coefficient (Wildman–Crippen LogP) is 0.319. The van der Waals surface area contributed by atoms with E-state index in [1.165, 1.54) is 14.2 Å². The topological polar surface area (TPSA) is 116 Å². The predicted molar refractivity (Wildman–Crippen MR) is 96.2 cm³/mol. The molecule has 1 aromatic carbocycles. The van der Waals surface area contributed by atoms with Crippen molar-refractivity contribution in [2.45, 2.75) is 6.54 Å². The molecule has 0 aliphatic rings. The number of carbonyl (C=O) groups excluding carboxylic acids is 2. The number of aromatic nitrogens is 1. The fraction of sp³-hybridized carbons (Fsp3) is 0.375. The van der Waals surface area contributed by atoms with Crippen molar-refractivity contribution in [1.82, 2.24) is 9.88 Å². The normalized spacial score (nSPS) is 11.3. The number of anilines is 1. The van der Waals surface area contributed by atoms with Crippen LogP contribution in [-0.2, 0) is 35.6 Å². The first-order valence-corrected chi connectivity index (χ1v) is 9.41. The molecule has 1 aromatic heterocycles. The third-order valence-electron chi connectivity index (χ3n) is 3.57. The second-order valence-corrected chi connectivity index (χ2v) is 7.33. The second-order valence-electron chi connectivity index (χ2n) is 5.48. The number of hydrogen-bond donors (Lipinski definition) is 2. The molecule has 1 heterocycles. The fourth-order valence-corrected chi connectivity index (χ4v) is 3.24. The molecule has 10 heteroatoms. The van der Waals surface area contributed by atoms with Gasteiger partial charge in [-0.2, -0.15) is 0 Å². The van der Waals surface area contributed by atoms with Gasteiger partial charge in [-0.3, -0.25) is 14.3 Å². The van der Waals surface area contributed by atoms with Crippen LogP contribution in [0.4, 0.5) is 5.69 Å². The zero-order chi connectivity index (χ0) is 19.2. The summed E-state index contributed by atoms with van der Waals surface area (Å²) in [7, 11) is -0.851. The van der Waals surface area contributed by atoms with E-state index in [0.717, 1.165) is 5.39 Å². The molecule has 0 bridgehead atoms. The van der Waals surface area contributed by atoms with Crippen LogP contribution in [-0.4, -0.2) is 58.0 Å². The van der Waals surface area contributed by atoms with Crippen molar-refractivity contribution in [2.24, 2.45) is 0 Å². The highest BCUT2D eigenvalue weighted by molar-refractivity contribution is 7.92. The van der Waals surface area contributed by atoms with Crippen molar-refractivity contribution in [2.75, 3.05) is 37.8 Å². The third-order valence-corrected chi connectivity index (χ3v) is 4.83. The van der Waals surface area contributed by atoms with Crippen LogP contribution in [0, 0.1) is 0 Å². The largest absolute Gasteiger partial charge is 0.468 e. The maximum absolute atomic E-state index is 12.0. The minimum atomic E-state index is -3.52. The van der Waals surface area contributed by atoms with Crippen LogP contribution in [0.15, 0.2) is 30.5 Å². The summed E-state index contributed by atoms with van der Waals surface area (Å²) in [6, 6.07) is 6.86. The van der Waals surface area contributed by atoms with Gasteiger partial charge in [0.15, 0.2) is 0 Å². The Morgan fingerprint density at radius 3 is 2.65 bits per heavy atom. The van der Waals surface area contributed by atoms with Crippen molar-refractivity contribution in [3.05, 3.63) is 30.5 Å². The molecular weight excluding hydrogens is 362 g/mol. The van der Waals surface area contributed by atoms with Gasteiger partial charge in [0.05, 0.1) is 30.7 Å². The van der Waals surface area contributed by atoms with Crippen LogP contribution in [0.5, 0.6) is 0 Å². The van der Waals surface area contributed by atoms with E-state index < -0.39 is 16.0 Å². The summed E-state index contributed by atoms with van der Waals surface area (Å²) in [5, 5.41) is 3.31. The van der Waals surface area contributed by atoms with E-state index in [1.807, 2.05) is 6.07 Å². The molecule has 0 aliphatic heterocycles. The van der Waals surface area contributed by atoms with Gasteiger partial charge in [0, 0.05) is 13.3 Å². The lowest BCUT2D eigenvalue weighted by Crippen LogP contribution is -2.32. The number of ether oxygens (including phenoxy) is 2. The standard InChI is InChI=1S/C16H21N3O6S/c1-24-7-8-26(22,23)18-13-4-3-12-5-6-19(14(12)9-13)11-15(20)17-10-16(21)25-2/h3-6,9,18H,7-8,10-11H2,1-2H3,(H,17,20). The number of nitrogens with zero attached hydrogens (tertiary/aromatic N) is 1. The highest BCUT2D eigenvalue weighted by Gasteiger charge is 2.12. The second kappa shape index (κ2) is 8.68. The van der Waals surface area contributed by atoms with Gasteiger partial charge in [0.1, 0.15) is 13.1 Å². The third kappa shape index (κ3) is 5.46. The Kier molecular flexibility index (Phi) is 6.58. The van der Waals surface area contributed by atoms with Gasteiger partial charge < -0.3 is 19.4 Å². The fourth-order valence-electron chi connectivity index (χ4n) is 2.26. The van der Waals surface area contributed by atoms with E-state index in [9.17, 15) is 18.0 Å². The maximum Gasteiger partial charge on any atom is 0.325 e. The Morgan fingerprint density at radius 2 is 1.96 bits per heavy atom. The van der Waals surface area contributed by atoms with Gasteiger partial charge in [-0.15, -0.1) is 0 Å². The van der Waals surface area contributed by atoms with Crippen LogP contribution in [0.2, 0.25) is 0 Å². The number of carbonyl (C=O) groups is 2. The van der Waals surface area contributed by atoms with Crippen LogP contribution in [0.1, 0.15) is 0 Å². The SMILES string of the molecule is COCCS(=O)(=O)Nc1ccc2ccn(CC(=O)NCC(=O)OC)c2c1. The lowest BCUT2D eigenvalue weighted by atomic mass is 10.2. The Labute approximate surface area is 151 Å². The molecule has 2 rings (SSSR count). The first-order valence-electron chi connectivity index (χ1n) is 7.76. The number of rotatable bonds is 9. The molecule has 0 radical (unpaired) electrons. The van der Waals surface area contributed by atoms with Gasteiger partial charge in [-0.05, 0) is 23.6 Å². The zero-order valence-corrected chi connectivity index (χ0v) is 15.3. The smallest absolute Gasteiger partial charge is 0.325 e. The molecule has 0 aliphatic carbocycles. The number of esters is 1. The molecule has 0 saturated heterocycles. The van der Waals surface area contributed by atoms with E-state index in [2.05, 4.69) is 14.8 Å². The monoisotopic (exact) mass is 383 g/mol. The molecule has 0 saturated carbocycles. The number of sulfonamides is 1. The van der Waals surface area contributed by atoms with E-state index >= 15 is 0 Å². The van der Waals surface area contributed by atoms with Crippen molar-refractivity contribution in [3.63, 3.8) is 0 Å². The quantitative estimate of drug-likeness (QED) is 0.603. The summed E-state index contributed by atoms with van der Waals surface area (Å²) < 4.78 is 37.3. The van der Waals surface area contributed by atoms with Crippen molar-refractivity contribution < 1.29 is 27.5 Å². The van der Waals surface area contributed by atoms with Crippen molar-refractivity contribution in [1.29, 1.82) is 0 Å². The number of hydrogen-bond acceptors (Lipinski definition) is 6. The summed E-state index contributed by atoms with van der Waals surface area (Å²) in [5.74, 6) is -1.05. The van der Waals surface area contributed by atoms with E-state index in [-0.39, 0.29) is 31.4 Å². The molecular formula is C16H21N3O6S. The Hall–Kier alpha value is -2.59. The molecule has 0 fully saturated rings. The molecule has 142 valence electrons. The van der Waals surface area contributed by atoms with E-state index in [0.29, 0.717) is 11.2 Å². The average molecular weight is 383 g/mol. The van der Waals surface area contributed by atoms with Gasteiger partial charge >= 0.3 is 5.97 Å². The Bertz CT molecular complexity index is 891. The first kappa shape index (κ1) is 19.7. The number of fused-ring (bicyclic) bond motifs is 1. The van der Waals surface area contributed by atoms with E-state index in [4.69, 9.17) is 4.74 Å². The number of nitrogens with one attached hydrogen (secondary N) is 2. The van der Waals surface area contributed by atoms with Crippen LogP contribution in [0.3, 0.4) is 0 Å². The minimum absolute atomic E-state index is 0.0135. The zero-order valence-electron chi connectivity index (χ0n) is 14.5. The highest BCUT2D eigenvalue weighted by Crippen LogP contribution is 2.21. The van der Waals surface area contributed by atoms with Crippen molar-refractivity contribution >= 4 is 38.5 Å². The molecule has 26 heavy (non-hydrogen) atoms. The van der Waals surface area contributed by atoms with Crippen LogP contribution >= 0.6 is 0 Å². The van der Waals surface area contributed by atoms with Crippen LogP contribution in [0.25, 0.3) is 10.9 Å². The molecule has 0 unspecified atom stereocenters. The number of methoxy groups -OCH3 is 2. The van der Waals surface area contributed by atoms with Gasteiger partial charge in [0.2, 0.25) is 15.9 Å². The maximum atomic E-state index is 12.0. The summed E-state index contributed by atoms with van der Waals surface area (Å²) >= 11 is 0. The molecule has 2 aromatic rings. The minimum Gasteiger partial charge on any atom is -0.468 e. The Balaban J connectivity index is 2.12. The molecule has 2 N–H and O–H groups in total. The number of benzene rings is 1. The first-order chi connectivity index (χ1) is 12.3. The Morgan fingerprint density at radius 1 is 1.19 bits per heavy atom. The summed E-state index contributed by atoms with van der Waals surface area (Å²) in [6.45, 7) is -0.131. The summed E-state index contributed by atoms with van der Waals surface area (Å²) in [5.41, 5.74) is 1.08. The average Bonchev–Trinajstić information content (AvgIpc) is 2.99. The van der Waals surface area contributed by atoms with Crippen molar-refractivity contribution in [3.8, 4) is 0 Å². The molecule has 0 spiro atoms. The lowest BCUT2D eigenvalue weighted by Gasteiger charge is -2.10. The molecule has 1 amide bonds. The van der Waals surface area contributed by atoms with Gasteiger partial charge in [-0.25, -0.2) is 8.42 Å². The molecule has 0 atom stereocenters. The van der Waals surface area contributed by atoms with Crippen LogP contribution < -0.4 is 10.0 Å². The van der Waals surface area contributed by atoms with Gasteiger partial charge in [0.25, 0.3) is 0 Å². The molecule has 9 nitrogen and oxygen atoms in total. The highest BCUT2D eigenvalue weighted by atomic mass is 32.2. The van der Waals surface area contributed by atoms with Gasteiger partial charge in [-0.1, -0.05) is 6.07 Å². The lowest BCUT2D eigenvalue weighted by molar-refractivity contribution is -0.141. The van der Waals surface area contributed by atoms with E-state index in [1.54, 1.807) is 29.0 Å². The summed E-state index contributed by atoms with van der Waals surface area (Å²) in [6.07, 6.45) is 1.71. The summed E-state index contributed by atoms with van der Waals surface area (Å²) in [4.78, 5) is 23.0. The number of amides is 1.